The third kappa shape index (κ3) is 3.06. The first-order valence-electron chi connectivity index (χ1n) is 7.28. The van der Waals surface area contributed by atoms with Crippen molar-refractivity contribution in [2.45, 2.75) is 38.6 Å². The Morgan fingerprint density at radius 2 is 2.05 bits per heavy atom. The van der Waals surface area contributed by atoms with Gasteiger partial charge in [-0.1, -0.05) is 0 Å². The topological polar surface area (TPSA) is 54.0 Å². The predicted octanol–water partition coefficient (Wildman–Crippen LogP) is 2.43. The van der Waals surface area contributed by atoms with Crippen molar-refractivity contribution in [2.24, 2.45) is 11.8 Å². The molecule has 2 aliphatic rings. The van der Waals surface area contributed by atoms with E-state index in [-0.39, 0.29) is 5.91 Å². The van der Waals surface area contributed by atoms with E-state index >= 15 is 0 Å². The van der Waals surface area contributed by atoms with Crippen LogP contribution in [0.3, 0.4) is 0 Å². The zero-order valence-electron chi connectivity index (χ0n) is 11.4. The molecule has 1 aromatic rings. The van der Waals surface area contributed by atoms with Gasteiger partial charge in [0.05, 0.1) is 0 Å². The summed E-state index contributed by atoms with van der Waals surface area (Å²) in [6.45, 7) is 2.54. The Morgan fingerprint density at radius 1 is 1.37 bits per heavy atom. The molecule has 1 amide bonds. The molecule has 0 saturated heterocycles. The van der Waals surface area contributed by atoms with E-state index in [1.54, 1.807) is 6.20 Å². The Balaban J connectivity index is 1.69. The first kappa shape index (κ1) is 12.5. The van der Waals surface area contributed by atoms with Gasteiger partial charge < -0.3 is 10.6 Å². The van der Waals surface area contributed by atoms with Crippen molar-refractivity contribution >= 4 is 11.6 Å². The van der Waals surface area contributed by atoms with Crippen molar-refractivity contribution in [3.05, 3.63) is 24.0 Å². The van der Waals surface area contributed by atoms with Crippen LogP contribution in [0.15, 0.2) is 18.3 Å². The molecular formula is C15H21N3O. The van der Waals surface area contributed by atoms with E-state index < -0.39 is 0 Å². The van der Waals surface area contributed by atoms with Gasteiger partial charge >= 0.3 is 0 Å². The smallest absolute Gasteiger partial charge is 0.269 e. The Labute approximate surface area is 114 Å². The fourth-order valence-corrected chi connectivity index (χ4v) is 2.62. The zero-order chi connectivity index (χ0) is 13.2. The molecule has 1 heterocycles. The van der Waals surface area contributed by atoms with Crippen LogP contribution < -0.4 is 10.6 Å². The van der Waals surface area contributed by atoms with Crippen LogP contribution in [0.1, 0.15) is 43.1 Å². The van der Waals surface area contributed by atoms with Gasteiger partial charge in [-0.05, 0) is 56.6 Å². The lowest BCUT2D eigenvalue weighted by Crippen LogP contribution is -2.26. The number of nitrogens with one attached hydrogen (secondary N) is 2. The normalized spacial score (nSPS) is 18.4. The molecule has 19 heavy (non-hydrogen) atoms. The van der Waals surface area contributed by atoms with Crippen LogP contribution in [0, 0.1) is 11.8 Å². The average molecular weight is 259 g/mol. The molecule has 0 aromatic carbocycles. The summed E-state index contributed by atoms with van der Waals surface area (Å²) >= 11 is 0. The molecule has 0 aliphatic heterocycles. The third-order valence-electron chi connectivity index (χ3n) is 3.92. The molecule has 0 radical (unpaired) electrons. The molecule has 2 N–H and O–H groups in total. The maximum Gasteiger partial charge on any atom is 0.269 e. The number of aromatic nitrogens is 1. The molecule has 0 spiro atoms. The molecule has 4 nitrogen and oxygen atoms in total. The van der Waals surface area contributed by atoms with Crippen LogP contribution in [0.25, 0.3) is 0 Å². The lowest BCUT2D eigenvalue weighted by Gasteiger charge is -2.19. The first-order valence-corrected chi connectivity index (χ1v) is 7.28. The van der Waals surface area contributed by atoms with E-state index in [9.17, 15) is 4.79 Å². The summed E-state index contributed by atoms with van der Waals surface area (Å²) in [4.78, 5) is 15.9. The minimum absolute atomic E-state index is 0.0967. The van der Waals surface area contributed by atoms with Crippen LogP contribution in [0.5, 0.6) is 0 Å². The van der Waals surface area contributed by atoms with Crippen molar-refractivity contribution in [2.75, 3.05) is 11.9 Å². The number of rotatable bonds is 6. The van der Waals surface area contributed by atoms with Gasteiger partial charge in [0, 0.05) is 24.5 Å². The Kier molecular flexibility index (Phi) is 3.40. The van der Waals surface area contributed by atoms with E-state index in [1.807, 2.05) is 19.1 Å². The lowest BCUT2D eigenvalue weighted by molar-refractivity contribution is 0.0951. The minimum Gasteiger partial charge on any atom is -0.382 e. The summed E-state index contributed by atoms with van der Waals surface area (Å²) in [6, 6.07) is 4.42. The fourth-order valence-electron chi connectivity index (χ4n) is 2.62. The van der Waals surface area contributed by atoms with Crippen LogP contribution >= 0.6 is 0 Å². The van der Waals surface area contributed by atoms with Crippen molar-refractivity contribution in [1.82, 2.24) is 10.3 Å². The molecule has 3 rings (SSSR count). The zero-order valence-corrected chi connectivity index (χ0v) is 11.4. The minimum atomic E-state index is -0.0967. The average Bonchev–Trinajstić information content (AvgIpc) is 3.30. The van der Waals surface area contributed by atoms with Crippen molar-refractivity contribution in [3.8, 4) is 0 Å². The predicted molar refractivity (Wildman–Crippen MR) is 75.1 cm³/mol. The SMILES string of the molecule is CCNC(=O)c1cc(NC(C2CC2)C2CC2)ccn1. The van der Waals surface area contributed by atoms with E-state index in [0.29, 0.717) is 18.3 Å². The number of hydrogen-bond acceptors (Lipinski definition) is 3. The molecule has 4 heteroatoms. The molecule has 0 atom stereocenters. The molecule has 2 aliphatic carbocycles. The molecule has 0 unspecified atom stereocenters. The van der Waals surface area contributed by atoms with Gasteiger partial charge in [-0.2, -0.15) is 0 Å². The number of pyridine rings is 1. The highest BCUT2D eigenvalue weighted by atomic mass is 16.1. The first-order chi connectivity index (χ1) is 9.28. The third-order valence-corrected chi connectivity index (χ3v) is 3.92. The highest BCUT2D eigenvalue weighted by Crippen LogP contribution is 2.45. The number of carbonyl (C=O) groups is 1. The fraction of sp³-hybridized carbons (Fsp3) is 0.600. The van der Waals surface area contributed by atoms with Crippen molar-refractivity contribution in [3.63, 3.8) is 0 Å². The maximum atomic E-state index is 11.8. The van der Waals surface area contributed by atoms with Crippen LogP contribution in [0.4, 0.5) is 5.69 Å². The molecule has 2 fully saturated rings. The van der Waals surface area contributed by atoms with Gasteiger partial charge in [0.15, 0.2) is 0 Å². The van der Waals surface area contributed by atoms with Gasteiger partial charge in [-0.3, -0.25) is 9.78 Å². The quantitative estimate of drug-likeness (QED) is 0.825. The summed E-state index contributed by atoms with van der Waals surface area (Å²) in [7, 11) is 0. The number of anilines is 1. The van der Waals surface area contributed by atoms with Gasteiger partial charge in [-0.15, -0.1) is 0 Å². The Bertz CT molecular complexity index is 454. The largest absolute Gasteiger partial charge is 0.382 e. The highest BCUT2D eigenvalue weighted by Gasteiger charge is 2.41. The van der Waals surface area contributed by atoms with E-state index in [4.69, 9.17) is 0 Å². The number of nitrogens with zero attached hydrogens (tertiary/aromatic N) is 1. The summed E-state index contributed by atoms with van der Waals surface area (Å²) in [5.41, 5.74) is 1.53. The molecule has 102 valence electrons. The van der Waals surface area contributed by atoms with Crippen LogP contribution in [-0.2, 0) is 0 Å². The summed E-state index contributed by atoms with van der Waals surface area (Å²) < 4.78 is 0. The lowest BCUT2D eigenvalue weighted by atomic mass is 10.1. The number of carbonyl (C=O) groups excluding carboxylic acids is 1. The van der Waals surface area contributed by atoms with Crippen molar-refractivity contribution in [1.29, 1.82) is 0 Å². The summed E-state index contributed by atoms with van der Waals surface area (Å²) in [5.74, 6) is 1.59. The van der Waals surface area contributed by atoms with Gasteiger partial charge in [0.1, 0.15) is 5.69 Å². The highest BCUT2D eigenvalue weighted by molar-refractivity contribution is 5.93. The number of amides is 1. The molecule has 2 saturated carbocycles. The second kappa shape index (κ2) is 5.19. The summed E-state index contributed by atoms with van der Waals surface area (Å²) in [6.07, 6.45) is 7.11. The van der Waals surface area contributed by atoms with E-state index in [1.165, 1.54) is 25.7 Å². The van der Waals surface area contributed by atoms with Gasteiger partial charge in [0.25, 0.3) is 5.91 Å². The van der Waals surface area contributed by atoms with E-state index in [0.717, 1.165) is 17.5 Å². The second-order valence-electron chi connectivity index (χ2n) is 5.63. The monoisotopic (exact) mass is 259 g/mol. The summed E-state index contributed by atoms with van der Waals surface area (Å²) in [5, 5.41) is 6.40. The van der Waals surface area contributed by atoms with Crippen LogP contribution in [0.2, 0.25) is 0 Å². The Morgan fingerprint density at radius 3 is 2.63 bits per heavy atom. The molecule has 1 aromatic heterocycles. The van der Waals surface area contributed by atoms with Gasteiger partial charge in [0.2, 0.25) is 0 Å². The standard InChI is InChI=1S/C15H21N3O/c1-2-16-15(19)13-9-12(7-8-17-13)18-14(10-3-4-10)11-5-6-11/h7-11,14H,2-6H2,1H3,(H,16,19)(H,17,18). The maximum absolute atomic E-state index is 11.8. The second-order valence-corrected chi connectivity index (χ2v) is 5.63. The van der Waals surface area contributed by atoms with Crippen LogP contribution in [-0.4, -0.2) is 23.5 Å². The van der Waals surface area contributed by atoms with E-state index in [2.05, 4.69) is 15.6 Å². The molecule has 0 bridgehead atoms. The molecular weight excluding hydrogens is 238 g/mol. The van der Waals surface area contributed by atoms with Crippen molar-refractivity contribution < 1.29 is 4.79 Å². The Hall–Kier alpha value is -1.58. The van der Waals surface area contributed by atoms with Gasteiger partial charge in [-0.25, -0.2) is 0 Å². The number of hydrogen-bond donors (Lipinski definition) is 2.